The number of rotatable bonds is 1. The van der Waals surface area contributed by atoms with E-state index >= 15 is 0 Å². The van der Waals surface area contributed by atoms with Gasteiger partial charge in [-0.25, -0.2) is 8.78 Å². The van der Waals surface area contributed by atoms with E-state index in [1.54, 1.807) is 0 Å². The van der Waals surface area contributed by atoms with Crippen molar-refractivity contribution >= 4 is 17.8 Å². The van der Waals surface area contributed by atoms with Gasteiger partial charge in [-0.1, -0.05) is 6.07 Å². The Morgan fingerprint density at radius 2 is 2.04 bits per heavy atom. The van der Waals surface area contributed by atoms with Crippen LogP contribution in [0.5, 0.6) is 0 Å². The number of nitrogens with zero attached hydrogens (tertiary/aromatic N) is 2. The number of benzene rings is 2. The van der Waals surface area contributed by atoms with Gasteiger partial charge >= 0.3 is 0 Å². The van der Waals surface area contributed by atoms with E-state index in [1.165, 1.54) is 6.07 Å². The Morgan fingerprint density at radius 3 is 2.93 bits per heavy atom. The highest BCUT2D eigenvalue weighted by Crippen LogP contribution is 2.42. The molecule has 1 amide bonds. The molecule has 2 heterocycles. The molecule has 2 aromatic rings. The minimum atomic E-state index is -0.535. The summed E-state index contributed by atoms with van der Waals surface area (Å²) in [7, 11) is 0. The number of likely N-dealkylation sites (tertiary alicyclic amines) is 1. The molecule has 1 fully saturated rings. The van der Waals surface area contributed by atoms with E-state index in [0.29, 0.717) is 24.1 Å². The maximum absolute atomic E-state index is 14.2. The average molecular weight is 366 g/mol. The van der Waals surface area contributed by atoms with Crippen LogP contribution in [0.4, 0.5) is 14.5 Å². The van der Waals surface area contributed by atoms with Crippen LogP contribution < -0.4 is 0 Å². The Kier molecular flexibility index (Phi) is 3.85. The topological polar surface area (TPSA) is 32.7 Å². The fourth-order valence-electron chi connectivity index (χ4n) is 4.94. The van der Waals surface area contributed by atoms with E-state index < -0.39 is 11.6 Å². The molecule has 3 nitrogen and oxygen atoms in total. The zero-order chi connectivity index (χ0) is 18.5. The first-order chi connectivity index (χ1) is 13.1. The lowest BCUT2D eigenvalue weighted by Crippen LogP contribution is -2.49. The van der Waals surface area contributed by atoms with Crippen LogP contribution in [-0.4, -0.2) is 29.6 Å². The van der Waals surface area contributed by atoms with Crippen LogP contribution in [0, 0.1) is 11.6 Å². The number of hydrogen-bond acceptors (Lipinski definition) is 2. The number of carbonyl (C=O) groups excluding carboxylic acids is 1. The van der Waals surface area contributed by atoms with E-state index in [4.69, 9.17) is 0 Å². The van der Waals surface area contributed by atoms with Crippen molar-refractivity contribution in [3.63, 3.8) is 0 Å². The van der Waals surface area contributed by atoms with Crippen LogP contribution in [0.2, 0.25) is 0 Å². The number of hydrogen-bond donors (Lipinski definition) is 0. The van der Waals surface area contributed by atoms with Crippen molar-refractivity contribution < 1.29 is 13.6 Å². The zero-order valence-corrected chi connectivity index (χ0v) is 14.9. The molecule has 27 heavy (non-hydrogen) atoms. The van der Waals surface area contributed by atoms with Crippen molar-refractivity contribution in [1.82, 2.24) is 4.90 Å². The van der Waals surface area contributed by atoms with E-state index in [0.717, 1.165) is 48.6 Å². The third-order valence-electron chi connectivity index (χ3n) is 6.20. The highest BCUT2D eigenvalue weighted by atomic mass is 19.1. The summed E-state index contributed by atoms with van der Waals surface area (Å²) < 4.78 is 28.0. The van der Waals surface area contributed by atoms with Crippen molar-refractivity contribution in [2.45, 2.75) is 44.1 Å². The predicted octanol–water partition coefficient (Wildman–Crippen LogP) is 4.56. The maximum Gasteiger partial charge on any atom is 0.254 e. The standard InChI is InChI=1S/C22H20F2N2O/c23-15-11-18-16(19(24)12-15)5-6-21-17(18)2-1-9-26(21)22(27)14-4-3-13-7-8-25-20(13)10-14/h3-4,8,10-12,17,21H,1-2,5-7,9H2/t17?,21-/m0/s1. The first-order valence-corrected chi connectivity index (χ1v) is 9.56. The summed E-state index contributed by atoms with van der Waals surface area (Å²) in [5, 5.41) is 0. The third-order valence-corrected chi connectivity index (χ3v) is 6.20. The molecular formula is C22H20F2N2O. The van der Waals surface area contributed by atoms with Gasteiger partial charge in [0.2, 0.25) is 0 Å². The minimum Gasteiger partial charge on any atom is -0.335 e. The fraction of sp³-hybridized carbons (Fsp3) is 0.364. The number of aliphatic imine (C=N–C) groups is 1. The van der Waals surface area contributed by atoms with Crippen molar-refractivity contribution in [2.75, 3.05) is 6.54 Å². The van der Waals surface area contributed by atoms with Gasteiger partial charge in [-0.3, -0.25) is 9.79 Å². The molecular weight excluding hydrogens is 346 g/mol. The van der Waals surface area contributed by atoms with Crippen molar-refractivity contribution in [2.24, 2.45) is 4.99 Å². The Morgan fingerprint density at radius 1 is 1.15 bits per heavy atom. The molecule has 0 aromatic heterocycles. The van der Waals surface area contributed by atoms with Crippen molar-refractivity contribution in [3.05, 3.63) is 64.2 Å². The number of fused-ring (bicyclic) bond motifs is 4. The van der Waals surface area contributed by atoms with Crippen LogP contribution in [0.15, 0.2) is 35.3 Å². The minimum absolute atomic E-state index is 0.00305. The molecule has 5 rings (SSSR count). The second-order valence-corrected chi connectivity index (χ2v) is 7.67. The summed E-state index contributed by atoms with van der Waals surface area (Å²) in [5.74, 6) is -0.991. The Balaban J connectivity index is 1.48. The number of carbonyl (C=O) groups is 1. The van der Waals surface area contributed by atoms with Gasteiger partial charge in [0.15, 0.2) is 0 Å². The molecule has 2 aliphatic heterocycles. The van der Waals surface area contributed by atoms with E-state index in [1.807, 2.05) is 29.3 Å². The second kappa shape index (κ2) is 6.25. The molecule has 0 spiro atoms. The van der Waals surface area contributed by atoms with Crippen LogP contribution in [-0.2, 0) is 12.8 Å². The lowest BCUT2D eigenvalue weighted by Gasteiger charge is -2.45. The first-order valence-electron chi connectivity index (χ1n) is 9.56. The number of halogens is 2. The van der Waals surface area contributed by atoms with Gasteiger partial charge in [-0.05, 0) is 60.6 Å². The third kappa shape index (κ3) is 2.68. The van der Waals surface area contributed by atoms with Crippen molar-refractivity contribution in [1.29, 1.82) is 0 Å². The monoisotopic (exact) mass is 366 g/mol. The largest absolute Gasteiger partial charge is 0.335 e. The molecule has 0 radical (unpaired) electrons. The fourth-order valence-corrected chi connectivity index (χ4v) is 4.94. The number of piperidine rings is 1. The van der Waals surface area contributed by atoms with Gasteiger partial charge in [0.25, 0.3) is 5.91 Å². The highest BCUT2D eigenvalue weighted by molar-refractivity contribution is 5.96. The second-order valence-electron chi connectivity index (χ2n) is 7.67. The Bertz CT molecular complexity index is 969. The quantitative estimate of drug-likeness (QED) is 0.728. The van der Waals surface area contributed by atoms with Crippen LogP contribution in [0.25, 0.3) is 0 Å². The summed E-state index contributed by atoms with van der Waals surface area (Å²) >= 11 is 0. The molecule has 2 atom stereocenters. The predicted molar refractivity (Wildman–Crippen MR) is 99.8 cm³/mol. The first kappa shape index (κ1) is 16.6. The van der Waals surface area contributed by atoms with Gasteiger partial charge in [-0.15, -0.1) is 0 Å². The van der Waals surface area contributed by atoms with Crippen LogP contribution in [0.1, 0.15) is 52.2 Å². The lowest BCUT2D eigenvalue weighted by molar-refractivity contribution is 0.0545. The number of amides is 1. The molecule has 1 saturated heterocycles. The Labute approximate surface area is 156 Å². The van der Waals surface area contributed by atoms with Gasteiger partial charge in [0.1, 0.15) is 11.6 Å². The van der Waals surface area contributed by atoms with E-state index in [-0.39, 0.29) is 17.9 Å². The van der Waals surface area contributed by atoms with Gasteiger partial charge in [-0.2, -0.15) is 0 Å². The molecule has 2 aromatic carbocycles. The smallest absolute Gasteiger partial charge is 0.254 e. The SMILES string of the molecule is O=C(c1ccc2c(c1)N=CC2)N1CCCC2c3cc(F)cc(F)c3CC[C@@H]21. The molecule has 3 aliphatic rings. The van der Waals surface area contributed by atoms with Gasteiger partial charge in [0, 0.05) is 42.8 Å². The Hall–Kier alpha value is -2.56. The summed E-state index contributed by atoms with van der Waals surface area (Å²) in [5.41, 5.74) is 4.02. The summed E-state index contributed by atoms with van der Waals surface area (Å²) in [4.78, 5) is 19.5. The summed E-state index contributed by atoms with van der Waals surface area (Å²) in [6.07, 6.45) is 5.63. The molecule has 5 heteroatoms. The highest BCUT2D eigenvalue weighted by Gasteiger charge is 2.39. The molecule has 0 saturated carbocycles. The normalized spacial score (nSPS) is 23.0. The van der Waals surface area contributed by atoms with E-state index in [9.17, 15) is 13.6 Å². The summed E-state index contributed by atoms with van der Waals surface area (Å²) in [6, 6.07) is 8.13. The molecule has 0 N–H and O–H groups in total. The van der Waals surface area contributed by atoms with Crippen LogP contribution in [0.3, 0.4) is 0 Å². The lowest BCUT2D eigenvalue weighted by atomic mass is 9.74. The van der Waals surface area contributed by atoms with Gasteiger partial charge in [0.05, 0.1) is 5.69 Å². The molecule has 138 valence electrons. The molecule has 1 aliphatic carbocycles. The zero-order valence-electron chi connectivity index (χ0n) is 14.9. The van der Waals surface area contributed by atoms with Crippen LogP contribution >= 0.6 is 0 Å². The van der Waals surface area contributed by atoms with E-state index in [2.05, 4.69) is 4.99 Å². The molecule has 1 unspecified atom stereocenters. The van der Waals surface area contributed by atoms with Crippen molar-refractivity contribution in [3.8, 4) is 0 Å². The average Bonchev–Trinajstić information content (AvgIpc) is 3.14. The van der Waals surface area contributed by atoms with Gasteiger partial charge < -0.3 is 4.90 Å². The molecule has 0 bridgehead atoms. The summed E-state index contributed by atoms with van der Waals surface area (Å²) in [6.45, 7) is 0.688. The maximum atomic E-state index is 14.2.